The van der Waals surface area contributed by atoms with Gasteiger partial charge in [0.1, 0.15) is 0 Å². The summed E-state index contributed by atoms with van der Waals surface area (Å²) in [5.74, 6) is 0. The normalized spacial score (nSPS) is 19.0. The second-order valence-corrected chi connectivity index (χ2v) is 7.31. The van der Waals surface area contributed by atoms with Crippen molar-refractivity contribution in [2.24, 2.45) is 5.10 Å². The lowest BCUT2D eigenvalue weighted by Crippen LogP contribution is -2.36. The van der Waals surface area contributed by atoms with Crippen LogP contribution in [0.3, 0.4) is 0 Å². The average molecular weight is 394 g/mol. The molecule has 28 heavy (non-hydrogen) atoms. The van der Waals surface area contributed by atoms with Crippen LogP contribution < -0.4 is 5.43 Å². The lowest BCUT2D eigenvalue weighted by atomic mass is 10.1. The number of morpholine rings is 1. The fraction of sp³-hybridized carbons (Fsp3) is 0.261. The molecule has 2 aliphatic rings. The molecule has 0 aromatic heterocycles. The first-order valence-corrected chi connectivity index (χ1v) is 10.0. The van der Waals surface area contributed by atoms with Crippen molar-refractivity contribution in [1.82, 2.24) is 4.90 Å². The highest BCUT2D eigenvalue weighted by Gasteiger charge is 2.25. The number of hydrogen-bond donors (Lipinski definition) is 1. The smallest absolute Gasteiger partial charge is 0.0748 e. The maximum absolute atomic E-state index is 6.20. The lowest BCUT2D eigenvalue weighted by Gasteiger charge is -2.31. The van der Waals surface area contributed by atoms with Crippen LogP contribution in [0.1, 0.15) is 18.4 Å². The zero-order chi connectivity index (χ0) is 19.2. The maximum Gasteiger partial charge on any atom is 0.0748 e. The number of allylic oxidation sites excluding steroid dienone is 2. The third kappa shape index (κ3) is 4.46. The van der Waals surface area contributed by atoms with Crippen LogP contribution in [0, 0.1) is 0 Å². The molecule has 1 aliphatic carbocycles. The van der Waals surface area contributed by atoms with Gasteiger partial charge in [0, 0.05) is 18.8 Å². The second-order valence-electron chi connectivity index (χ2n) is 6.90. The van der Waals surface area contributed by atoms with Crippen LogP contribution in [-0.2, 0) is 4.74 Å². The summed E-state index contributed by atoms with van der Waals surface area (Å²) in [6.07, 6.45) is 6.25. The molecule has 1 fully saturated rings. The van der Waals surface area contributed by atoms with E-state index in [2.05, 4.69) is 45.8 Å². The first-order valence-electron chi connectivity index (χ1n) is 9.67. The third-order valence-corrected chi connectivity index (χ3v) is 5.35. The van der Waals surface area contributed by atoms with Gasteiger partial charge < -0.3 is 9.64 Å². The summed E-state index contributed by atoms with van der Waals surface area (Å²) in [4.78, 5) is 2.43. The van der Waals surface area contributed by atoms with Crippen molar-refractivity contribution in [1.29, 1.82) is 0 Å². The zero-order valence-corrected chi connectivity index (χ0v) is 16.5. The van der Waals surface area contributed by atoms with Gasteiger partial charge >= 0.3 is 0 Å². The van der Waals surface area contributed by atoms with Crippen LogP contribution in [0.4, 0.5) is 5.69 Å². The van der Waals surface area contributed by atoms with Gasteiger partial charge in [0.05, 0.1) is 30.1 Å². The first-order chi connectivity index (χ1) is 13.8. The van der Waals surface area contributed by atoms with E-state index in [1.54, 1.807) is 0 Å². The molecule has 0 amide bonds. The average Bonchev–Trinajstić information content (AvgIpc) is 3.13. The predicted octanol–water partition coefficient (Wildman–Crippen LogP) is 5.20. The van der Waals surface area contributed by atoms with Gasteiger partial charge in [-0.2, -0.15) is 5.10 Å². The van der Waals surface area contributed by atoms with E-state index < -0.39 is 0 Å². The molecule has 0 spiro atoms. The third-order valence-electron chi connectivity index (χ3n) is 5.02. The van der Waals surface area contributed by atoms with Crippen molar-refractivity contribution >= 4 is 29.6 Å². The monoisotopic (exact) mass is 393 g/mol. The molecule has 144 valence electrons. The SMILES string of the molecule is Clc1ccccc1N/N=C\C1=C(N2CCOCC2)C(=Cc2ccccc2)CC1. The van der Waals surface area contributed by atoms with Crippen LogP contribution in [0.5, 0.6) is 0 Å². The van der Waals surface area contributed by atoms with E-state index in [0.29, 0.717) is 5.02 Å². The van der Waals surface area contributed by atoms with Gasteiger partial charge in [-0.15, -0.1) is 0 Å². The molecule has 1 N–H and O–H groups in total. The Balaban J connectivity index is 1.61. The summed E-state index contributed by atoms with van der Waals surface area (Å²) >= 11 is 6.20. The molecule has 0 bridgehead atoms. The molecular formula is C23H24ClN3O. The highest BCUT2D eigenvalue weighted by atomic mass is 35.5. The number of anilines is 1. The Morgan fingerprint density at radius 1 is 0.964 bits per heavy atom. The van der Waals surface area contributed by atoms with Gasteiger partial charge in [-0.25, -0.2) is 0 Å². The van der Waals surface area contributed by atoms with E-state index in [-0.39, 0.29) is 0 Å². The molecule has 5 heteroatoms. The number of ether oxygens (including phenoxy) is 1. The topological polar surface area (TPSA) is 36.9 Å². The number of para-hydroxylation sites is 1. The molecule has 4 rings (SSSR count). The Morgan fingerprint density at radius 2 is 1.71 bits per heavy atom. The number of hydrogen-bond acceptors (Lipinski definition) is 4. The summed E-state index contributed by atoms with van der Waals surface area (Å²) < 4.78 is 5.56. The van der Waals surface area contributed by atoms with Crippen molar-refractivity contribution in [3.05, 3.63) is 82.0 Å². The zero-order valence-electron chi connectivity index (χ0n) is 15.8. The minimum atomic E-state index is 0.665. The standard InChI is InChI=1S/C23H24ClN3O/c24-21-8-4-5-9-22(21)26-25-17-20-11-10-19(16-18-6-2-1-3-7-18)23(20)27-12-14-28-15-13-27/h1-9,16-17,26H,10-15H2/b19-16?,25-17-. The van der Waals surface area contributed by atoms with Gasteiger partial charge in [0.15, 0.2) is 0 Å². The quantitative estimate of drug-likeness (QED) is 0.560. The van der Waals surface area contributed by atoms with Crippen molar-refractivity contribution in [3.63, 3.8) is 0 Å². The van der Waals surface area contributed by atoms with E-state index in [9.17, 15) is 0 Å². The Bertz CT molecular complexity index is 899. The van der Waals surface area contributed by atoms with Crippen molar-refractivity contribution < 1.29 is 4.74 Å². The van der Waals surface area contributed by atoms with Crippen LogP contribution in [0.15, 0.2) is 76.5 Å². The molecule has 2 aromatic carbocycles. The number of hydrazone groups is 1. The molecule has 2 aromatic rings. The fourth-order valence-corrected chi connectivity index (χ4v) is 3.83. The molecule has 0 atom stereocenters. The summed E-state index contributed by atoms with van der Waals surface area (Å²) in [6.45, 7) is 3.36. The van der Waals surface area contributed by atoms with Gasteiger partial charge in [-0.1, -0.05) is 54.1 Å². The molecule has 4 nitrogen and oxygen atoms in total. The summed E-state index contributed by atoms with van der Waals surface area (Å²) in [6, 6.07) is 18.1. The van der Waals surface area contributed by atoms with Gasteiger partial charge in [-0.05, 0) is 47.8 Å². The number of rotatable bonds is 5. The van der Waals surface area contributed by atoms with Crippen molar-refractivity contribution in [2.45, 2.75) is 12.8 Å². The van der Waals surface area contributed by atoms with Crippen molar-refractivity contribution in [2.75, 3.05) is 31.7 Å². The lowest BCUT2D eigenvalue weighted by molar-refractivity contribution is 0.0548. The molecule has 1 saturated heterocycles. The summed E-state index contributed by atoms with van der Waals surface area (Å²) in [5.41, 5.74) is 9.04. The molecular weight excluding hydrogens is 370 g/mol. The number of nitrogens with one attached hydrogen (secondary N) is 1. The van der Waals surface area contributed by atoms with Crippen LogP contribution in [0.2, 0.25) is 5.02 Å². The van der Waals surface area contributed by atoms with E-state index in [0.717, 1.165) is 44.8 Å². The van der Waals surface area contributed by atoms with Crippen LogP contribution in [0.25, 0.3) is 6.08 Å². The summed E-state index contributed by atoms with van der Waals surface area (Å²) in [5, 5.41) is 5.13. The van der Waals surface area contributed by atoms with Crippen LogP contribution in [-0.4, -0.2) is 37.4 Å². The Labute approximate surface area is 171 Å². The minimum Gasteiger partial charge on any atom is -0.378 e. The molecule has 1 aliphatic heterocycles. The number of halogens is 1. The summed E-state index contributed by atoms with van der Waals surface area (Å²) in [7, 11) is 0. The Kier molecular flexibility index (Phi) is 6.10. The van der Waals surface area contributed by atoms with Gasteiger partial charge in [0.25, 0.3) is 0 Å². The van der Waals surface area contributed by atoms with Gasteiger partial charge in [-0.3, -0.25) is 5.43 Å². The molecule has 0 unspecified atom stereocenters. The Hall–Kier alpha value is -2.56. The maximum atomic E-state index is 6.20. The van der Waals surface area contributed by atoms with E-state index in [4.69, 9.17) is 16.3 Å². The fourth-order valence-electron chi connectivity index (χ4n) is 3.65. The van der Waals surface area contributed by atoms with E-state index in [1.165, 1.54) is 22.4 Å². The number of benzene rings is 2. The van der Waals surface area contributed by atoms with E-state index >= 15 is 0 Å². The highest BCUT2D eigenvalue weighted by molar-refractivity contribution is 6.33. The second kappa shape index (κ2) is 9.09. The minimum absolute atomic E-state index is 0.665. The van der Waals surface area contributed by atoms with Crippen LogP contribution >= 0.6 is 11.6 Å². The van der Waals surface area contributed by atoms with E-state index in [1.807, 2.05) is 36.5 Å². The predicted molar refractivity (Wildman–Crippen MR) is 117 cm³/mol. The molecule has 1 heterocycles. The first kappa shape index (κ1) is 18.8. The highest BCUT2D eigenvalue weighted by Crippen LogP contribution is 2.35. The molecule has 0 saturated carbocycles. The molecule has 0 radical (unpaired) electrons. The Morgan fingerprint density at radius 3 is 2.50 bits per heavy atom. The van der Waals surface area contributed by atoms with Gasteiger partial charge in [0.2, 0.25) is 0 Å². The number of nitrogens with zero attached hydrogens (tertiary/aromatic N) is 2. The van der Waals surface area contributed by atoms with Crippen molar-refractivity contribution in [3.8, 4) is 0 Å². The largest absolute Gasteiger partial charge is 0.378 e.